The third-order valence-corrected chi connectivity index (χ3v) is 3.76. The molecule has 1 fully saturated rings. The van der Waals surface area contributed by atoms with Crippen molar-refractivity contribution >= 4 is 11.6 Å². The van der Waals surface area contributed by atoms with Crippen LogP contribution in [0.4, 0.5) is 5.69 Å². The number of carbonyl (C=O) groups is 1. The first-order valence-electron chi connectivity index (χ1n) is 7.12. The summed E-state index contributed by atoms with van der Waals surface area (Å²) in [6, 6.07) is 5.46. The number of hydrogen-bond donors (Lipinski definition) is 1. The van der Waals surface area contributed by atoms with Gasteiger partial charge in [-0.05, 0) is 37.4 Å². The molecule has 1 unspecified atom stereocenters. The quantitative estimate of drug-likeness (QED) is 0.918. The van der Waals surface area contributed by atoms with E-state index in [9.17, 15) is 4.79 Å². The smallest absolute Gasteiger partial charge is 0.238 e. The molecule has 0 saturated carbocycles. The largest absolute Gasteiger partial charge is 0.454 e. The van der Waals surface area contributed by atoms with Gasteiger partial charge in [0.05, 0.1) is 6.54 Å². The zero-order valence-corrected chi connectivity index (χ0v) is 11.7. The third-order valence-electron chi connectivity index (χ3n) is 3.76. The van der Waals surface area contributed by atoms with Crippen molar-refractivity contribution in [2.75, 3.05) is 31.7 Å². The van der Waals surface area contributed by atoms with Gasteiger partial charge < -0.3 is 14.8 Å². The highest BCUT2D eigenvalue weighted by Gasteiger charge is 2.19. The maximum atomic E-state index is 12.1. The van der Waals surface area contributed by atoms with Crippen LogP contribution in [0.25, 0.3) is 0 Å². The van der Waals surface area contributed by atoms with Crippen LogP contribution in [0.15, 0.2) is 18.2 Å². The first kappa shape index (κ1) is 13.2. The molecule has 2 heterocycles. The van der Waals surface area contributed by atoms with E-state index in [2.05, 4.69) is 17.1 Å². The minimum Gasteiger partial charge on any atom is -0.454 e. The molecule has 1 aromatic carbocycles. The van der Waals surface area contributed by atoms with E-state index >= 15 is 0 Å². The monoisotopic (exact) mass is 276 g/mol. The Labute approximate surface area is 118 Å². The highest BCUT2D eigenvalue weighted by atomic mass is 16.7. The van der Waals surface area contributed by atoms with Gasteiger partial charge in [-0.3, -0.25) is 9.69 Å². The average Bonchev–Trinajstić information content (AvgIpc) is 2.86. The Morgan fingerprint density at radius 3 is 3.10 bits per heavy atom. The van der Waals surface area contributed by atoms with Crippen LogP contribution in [0.2, 0.25) is 0 Å². The number of likely N-dealkylation sites (tertiary alicyclic amines) is 1. The number of carbonyl (C=O) groups excluding carboxylic acids is 1. The van der Waals surface area contributed by atoms with Gasteiger partial charge in [-0.2, -0.15) is 0 Å². The molecule has 1 saturated heterocycles. The van der Waals surface area contributed by atoms with E-state index in [0.29, 0.717) is 18.2 Å². The van der Waals surface area contributed by atoms with E-state index in [0.717, 1.165) is 24.5 Å². The number of fused-ring (bicyclic) bond motifs is 1. The lowest BCUT2D eigenvalue weighted by molar-refractivity contribution is -0.117. The Morgan fingerprint density at radius 2 is 2.25 bits per heavy atom. The summed E-state index contributed by atoms with van der Waals surface area (Å²) < 4.78 is 10.5. The first-order valence-corrected chi connectivity index (χ1v) is 7.12. The second kappa shape index (κ2) is 5.71. The molecule has 0 aliphatic carbocycles. The van der Waals surface area contributed by atoms with Gasteiger partial charge >= 0.3 is 0 Å². The van der Waals surface area contributed by atoms with E-state index < -0.39 is 0 Å². The molecule has 1 aromatic rings. The standard InChI is InChI=1S/C15H20N2O3/c1-11-3-2-6-17(8-11)9-15(18)16-12-4-5-13-14(7-12)20-10-19-13/h4-5,7,11H,2-3,6,8-10H2,1H3,(H,16,18). The summed E-state index contributed by atoms with van der Waals surface area (Å²) in [6.45, 7) is 4.96. The molecule has 3 rings (SSSR count). The minimum absolute atomic E-state index is 0.0259. The fraction of sp³-hybridized carbons (Fsp3) is 0.533. The molecule has 108 valence electrons. The van der Waals surface area contributed by atoms with E-state index in [1.807, 2.05) is 12.1 Å². The van der Waals surface area contributed by atoms with Crippen molar-refractivity contribution in [1.29, 1.82) is 0 Å². The van der Waals surface area contributed by atoms with Gasteiger partial charge in [-0.1, -0.05) is 6.92 Å². The van der Waals surface area contributed by atoms with Crippen molar-refractivity contribution in [2.24, 2.45) is 5.92 Å². The van der Waals surface area contributed by atoms with Crippen molar-refractivity contribution in [3.63, 3.8) is 0 Å². The summed E-state index contributed by atoms with van der Waals surface area (Å²) in [4.78, 5) is 14.3. The fourth-order valence-electron chi connectivity index (χ4n) is 2.81. The highest BCUT2D eigenvalue weighted by Crippen LogP contribution is 2.34. The van der Waals surface area contributed by atoms with Crippen molar-refractivity contribution in [2.45, 2.75) is 19.8 Å². The summed E-state index contributed by atoms with van der Waals surface area (Å²) in [5.74, 6) is 2.13. The van der Waals surface area contributed by atoms with Gasteiger partial charge in [-0.15, -0.1) is 0 Å². The second-order valence-corrected chi connectivity index (χ2v) is 5.60. The number of piperidine rings is 1. The van der Waals surface area contributed by atoms with Gasteiger partial charge in [0.1, 0.15) is 0 Å². The van der Waals surface area contributed by atoms with E-state index in [1.165, 1.54) is 12.8 Å². The van der Waals surface area contributed by atoms with Crippen molar-refractivity contribution in [3.05, 3.63) is 18.2 Å². The van der Waals surface area contributed by atoms with Gasteiger partial charge in [0.25, 0.3) is 0 Å². The van der Waals surface area contributed by atoms with Crippen LogP contribution in [-0.4, -0.2) is 37.2 Å². The van der Waals surface area contributed by atoms with Crippen molar-refractivity contribution in [1.82, 2.24) is 4.90 Å². The zero-order valence-electron chi connectivity index (χ0n) is 11.7. The molecule has 0 spiro atoms. The van der Waals surface area contributed by atoms with Crippen LogP contribution in [0.3, 0.4) is 0 Å². The number of hydrogen-bond acceptors (Lipinski definition) is 4. The predicted molar refractivity (Wildman–Crippen MR) is 76.0 cm³/mol. The number of ether oxygens (including phenoxy) is 2. The van der Waals surface area contributed by atoms with Gasteiger partial charge in [0.2, 0.25) is 12.7 Å². The topological polar surface area (TPSA) is 50.8 Å². The normalized spacial score (nSPS) is 21.8. The predicted octanol–water partition coefficient (Wildman–Crippen LogP) is 2.09. The third kappa shape index (κ3) is 3.04. The summed E-state index contributed by atoms with van der Waals surface area (Å²) in [7, 11) is 0. The minimum atomic E-state index is 0.0259. The van der Waals surface area contributed by atoms with Crippen molar-refractivity contribution in [3.8, 4) is 11.5 Å². The second-order valence-electron chi connectivity index (χ2n) is 5.60. The van der Waals surface area contributed by atoms with Gasteiger partial charge in [0.15, 0.2) is 11.5 Å². The number of rotatable bonds is 3. The molecular weight excluding hydrogens is 256 g/mol. The molecule has 2 aliphatic rings. The Bertz CT molecular complexity index is 504. The lowest BCUT2D eigenvalue weighted by Crippen LogP contribution is -2.39. The number of benzene rings is 1. The molecule has 0 aromatic heterocycles. The molecule has 5 heteroatoms. The Morgan fingerprint density at radius 1 is 1.40 bits per heavy atom. The van der Waals surface area contributed by atoms with Crippen LogP contribution >= 0.6 is 0 Å². The fourth-order valence-corrected chi connectivity index (χ4v) is 2.81. The summed E-state index contributed by atoms with van der Waals surface area (Å²) in [5, 5.41) is 2.92. The molecule has 1 N–H and O–H groups in total. The number of amides is 1. The van der Waals surface area contributed by atoms with E-state index in [4.69, 9.17) is 9.47 Å². The summed E-state index contributed by atoms with van der Waals surface area (Å²) in [6.07, 6.45) is 2.44. The first-order chi connectivity index (χ1) is 9.70. The Kier molecular flexibility index (Phi) is 3.78. The lowest BCUT2D eigenvalue weighted by Gasteiger charge is -2.30. The van der Waals surface area contributed by atoms with Crippen LogP contribution in [-0.2, 0) is 4.79 Å². The Hall–Kier alpha value is -1.75. The molecule has 1 amide bonds. The zero-order chi connectivity index (χ0) is 13.9. The molecule has 5 nitrogen and oxygen atoms in total. The lowest BCUT2D eigenvalue weighted by atomic mass is 10.0. The van der Waals surface area contributed by atoms with Crippen LogP contribution in [0.5, 0.6) is 11.5 Å². The maximum Gasteiger partial charge on any atom is 0.238 e. The average molecular weight is 276 g/mol. The SMILES string of the molecule is CC1CCCN(CC(=O)Nc2ccc3c(c2)OCO3)C1. The molecular formula is C15H20N2O3. The van der Waals surface area contributed by atoms with Gasteiger partial charge in [0, 0.05) is 18.3 Å². The van der Waals surface area contributed by atoms with E-state index in [1.54, 1.807) is 6.07 Å². The molecule has 0 bridgehead atoms. The molecule has 20 heavy (non-hydrogen) atoms. The van der Waals surface area contributed by atoms with E-state index in [-0.39, 0.29) is 12.7 Å². The number of nitrogens with one attached hydrogen (secondary N) is 1. The van der Waals surface area contributed by atoms with Crippen LogP contribution in [0, 0.1) is 5.92 Å². The molecule has 0 radical (unpaired) electrons. The number of anilines is 1. The number of nitrogens with zero attached hydrogens (tertiary/aromatic N) is 1. The van der Waals surface area contributed by atoms with Crippen LogP contribution < -0.4 is 14.8 Å². The summed E-state index contributed by atoms with van der Waals surface area (Å²) in [5.41, 5.74) is 0.754. The van der Waals surface area contributed by atoms with Gasteiger partial charge in [-0.25, -0.2) is 0 Å². The molecule has 2 aliphatic heterocycles. The maximum absolute atomic E-state index is 12.1. The molecule has 1 atom stereocenters. The summed E-state index contributed by atoms with van der Waals surface area (Å²) >= 11 is 0. The highest BCUT2D eigenvalue weighted by molar-refractivity contribution is 5.92. The van der Waals surface area contributed by atoms with Crippen LogP contribution in [0.1, 0.15) is 19.8 Å². The Balaban J connectivity index is 1.56. The van der Waals surface area contributed by atoms with Crippen molar-refractivity contribution < 1.29 is 14.3 Å².